The topological polar surface area (TPSA) is 21.3 Å². The first kappa shape index (κ1) is 14.6. The molecular weight excluding hydrogens is 279 g/mol. The maximum atomic E-state index is 13.0. The number of alkyl halides is 3. The smallest absolute Gasteiger partial charge is 0.372 e. The van der Waals surface area contributed by atoms with Gasteiger partial charge in [0.15, 0.2) is 0 Å². The summed E-state index contributed by atoms with van der Waals surface area (Å²) in [4.78, 5) is 0. The second kappa shape index (κ2) is 4.96. The Labute approximate surface area is 115 Å². The van der Waals surface area contributed by atoms with E-state index in [9.17, 15) is 13.2 Å². The molecule has 0 spiro atoms. The van der Waals surface area contributed by atoms with Crippen LogP contribution in [0.5, 0.6) is 0 Å². The van der Waals surface area contributed by atoms with Gasteiger partial charge >= 0.3 is 6.18 Å². The molecule has 1 saturated heterocycles. The number of halogens is 4. The molecule has 0 aliphatic carbocycles. The van der Waals surface area contributed by atoms with E-state index in [-0.39, 0.29) is 31.0 Å². The summed E-state index contributed by atoms with van der Waals surface area (Å²) in [5.74, 6) is 0.0507. The standard InChI is InChI=1S/C13H14F3NO.ClH/c1-7-2-8-9-4-17-5-12(9)18-6-10(8)11(3-7)13(14,15)16;/h2-3,9,12,17H,4-6H2,1H3;1H. The van der Waals surface area contributed by atoms with Crippen molar-refractivity contribution in [3.05, 3.63) is 34.4 Å². The summed E-state index contributed by atoms with van der Waals surface area (Å²) in [6.45, 7) is 3.19. The van der Waals surface area contributed by atoms with Gasteiger partial charge < -0.3 is 10.1 Å². The highest BCUT2D eigenvalue weighted by atomic mass is 35.5. The molecule has 2 nitrogen and oxygen atoms in total. The minimum Gasteiger partial charge on any atom is -0.372 e. The zero-order valence-electron chi connectivity index (χ0n) is 10.4. The molecule has 0 amide bonds. The van der Waals surface area contributed by atoms with Gasteiger partial charge in [-0.2, -0.15) is 13.2 Å². The summed E-state index contributed by atoms with van der Waals surface area (Å²) in [6, 6.07) is 3.09. The third kappa shape index (κ3) is 2.47. The summed E-state index contributed by atoms with van der Waals surface area (Å²) in [6.07, 6.45) is -4.29. The third-order valence-corrected chi connectivity index (χ3v) is 3.73. The van der Waals surface area contributed by atoms with Gasteiger partial charge in [-0.05, 0) is 24.1 Å². The van der Waals surface area contributed by atoms with Crippen LogP contribution in [0.3, 0.4) is 0 Å². The van der Waals surface area contributed by atoms with Gasteiger partial charge in [-0.25, -0.2) is 0 Å². The van der Waals surface area contributed by atoms with Crippen molar-refractivity contribution in [3.8, 4) is 0 Å². The minimum absolute atomic E-state index is 0. The van der Waals surface area contributed by atoms with E-state index in [1.807, 2.05) is 6.07 Å². The van der Waals surface area contributed by atoms with Gasteiger partial charge in [-0.3, -0.25) is 0 Å². The third-order valence-electron chi connectivity index (χ3n) is 3.73. The maximum absolute atomic E-state index is 13.0. The Morgan fingerprint density at radius 1 is 1.26 bits per heavy atom. The highest BCUT2D eigenvalue weighted by Gasteiger charge is 2.40. The van der Waals surface area contributed by atoms with Crippen LogP contribution < -0.4 is 5.32 Å². The van der Waals surface area contributed by atoms with Gasteiger partial charge in [0.05, 0.1) is 18.3 Å². The van der Waals surface area contributed by atoms with Crippen molar-refractivity contribution < 1.29 is 17.9 Å². The Bertz CT molecular complexity index is 490. The van der Waals surface area contributed by atoms with E-state index >= 15 is 0 Å². The molecule has 19 heavy (non-hydrogen) atoms. The van der Waals surface area contributed by atoms with E-state index in [0.717, 1.165) is 12.1 Å². The summed E-state index contributed by atoms with van der Waals surface area (Å²) < 4.78 is 44.6. The number of fused-ring (bicyclic) bond motifs is 3. The van der Waals surface area contributed by atoms with Gasteiger partial charge in [0.25, 0.3) is 0 Å². The summed E-state index contributed by atoms with van der Waals surface area (Å²) >= 11 is 0. The van der Waals surface area contributed by atoms with Crippen molar-refractivity contribution >= 4 is 12.4 Å². The van der Waals surface area contributed by atoms with Crippen LogP contribution in [0.15, 0.2) is 12.1 Å². The quantitative estimate of drug-likeness (QED) is 0.794. The summed E-state index contributed by atoms with van der Waals surface area (Å²) in [7, 11) is 0. The van der Waals surface area contributed by atoms with Crippen LogP contribution in [0.4, 0.5) is 13.2 Å². The molecule has 0 radical (unpaired) electrons. The first-order valence-corrected chi connectivity index (χ1v) is 6.00. The molecule has 1 aromatic carbocycles. The lowest BCUT2D eigenvalue weighted by molar-refractivity contribution is -0.139. The van der Waals surface area contributed by atoms with Gasteiger partial charge in [0.1, 0.15) is 0 Å². The first-order valence-electron chi connectivity index (χ1n) is 6.00. The summed E-state index contributed by atoms with van der Waals surface area (Å²) in [5.41, 5.74) is 1.25. The van der Waals surface area contributed by atoms with E-state index in [2.05, 4.69) is 5.32 Å². The first-order chi connectivity index (χ1) is 8.47. The molecule has 0 aromatic heterocycles. The van der Waals surface area contributed by atoms with Crippen LogP contribution in [0.2, 0.25) is 0 Å². The second-order valence-electron chi connectivity index (χ2n) is 4.99. The predicted molar refractivity (Wildman–Crippen MR) is 67.6 cm³/mol. The molecule has 106 valence electrons. The van der Waals surface area contributed by atoms with E-state index in [1.165, 1.54) is 6.07 Å². The van der Waals surface area contributed by atoms with Gasteiger partial charge in [0, 0.05) is 19.0 Å². The van der Waals surface area contributed by atoms with Crippen molar-refractivity contribution in [3.63, 3.8) is 0 Å². The minimum atomic E-state index is -4.31. The second-order valence-corrected chi connectivity index (χ2v) is 4.99. The van der Waals surface area contributed by atoms with Crippen LogP contribution >= 0.6 is 12.4 Å². The van der Waals surface area contributed by atoms with Crippen LogP contribution in [0.25, 0.3) is 0 Å². The highest BCUT2D eigenvalue weighted by molar-refractivity contribution is 5.85. The Kier molecular flexibility index (Phi) is 3.82. The normalized spacial score (nSPS) is 25.5. The largest absolute Gasteiger partial charge is 0.416 e. The lowest BCUT2D eigenvalue weighted by atomic mass is 9.85. The molecule has 2 aliphatic heterocycles. The zero-order chi connectivity index (χ0) is 12.9. The molecule has 2 unspecified atom stereocenters. The van der Waals surface area contributed by atoms with E-state index in [1.54, 1.807) is 6.92 Å². The fourth-order valence-electron chi connectivity index (χ4n) is 2.92. The lowest BCUT2D eigenvalue weighted by Crippen LogP contribution is -2.29. The number of benzene rings is 1. The van der Waals surface area contributed by atoms with Crippen LogP contribution in [-0.2, 0) is 17.5 Å². The van der Waals surface area contributed by atoms with Crippen LogP contribution in [0, 0.1) is 6.92 Å². The number of ether oxygens (including phenoxy) is 1. The van der Waals surface area contributed by atoms with Crippen molar-refractivity contribution in [2.24, 2.45) is 0 Å². The average molecular weight is 294 g/mol. The monoisotopic (exact) mass is 293 g/mol. The molecule has 1 N–H and O–H groups in total. The fraction of sp³-hybridized carbons (Fsp3) is 0.538. The molecule has 1 fully saturated rings. The lowest BCUT2D eigenvalue weighted by Gasteiger charge is -2.30. The van der Waals surface area contributed by atoms with Gasteiger partial charge in [-0.15, -0.1) is 12.4 Å². The van der Waals surface area contributed by atoms with Crippen molar-refractivity contribution in [1.82, 2.24) is 5.32 Å². The Morgan fingerprint density at radius 3 is 2.68 bits per heavy atom. The Balaban J connectivity index is 0.00000133. The predicted octanol–water partition coefficient (Wildman–Crippen LogP) is 3.02. The van der Waals surface area contributed by atoms with Crippen LogP contribution in [-0.4, -0.2) is 19.2 Å². The molecule has 2 aliphatic rings. The molecule has 1 aromatic rings. The zero-order valence-corrected chi connectivity index (χ0v) is 11.2. The van der Waals surface area contributed by atoms with E-state index in [0.29, 0.717) is 17.7 Å². The van der Waals surface area contributed by atoms with Crippen molar-refractivity contribution in [2.75, 3.05) is 13.1 Å². The highest BCUT2D eigenvalue weighted by Crippen LogP contribution is 2.41. The molecule has 0 bridgehead atoms. The number of aryl methyl sites for hydroxylation is 1. The molecular formula is C13H15ClF3NO. The summed E-state index contributed by atoms with van der Waals surface area (Å²) in [5, 5.41) is 3.18. The molecule has 6 heteroatoms. The number of hydrogen-bond acceptors (Lipinski definition) is 2. The number of nitrogens with one attached hydrogen (secondary N) is 1. The molecule has 2 atom stereocenters. The van der Waals surface area contributed by atoms with Gasteiger partial charge in [-0.1, -0.05) is 11.6 Å². The van der Waals surface area contributed by atoms with E-state index in [4.69, 9.17) is 4.74 Å². The number of rotatable bonds is 0. The van der Waals surface area contributed by atoms with Crippen LogP contribution in [0.1, 0.15) is 28.2 Å². The van der Waals surface area contributed by atoms with Crippen molar-refractivity contribution in [1.29, 1.82) is 0 Å². The number of hydrogen-bond donors (Lipinski definition) is 1. The molecule has 3 rings (SSSR count). The Morgan fingerprint density at radius 2 is 2.00 bits per heavy atom. The maximum Gasteiger partial charge on any atom is 0.416 e. The molecule has 2 heterocycles. The van der Waals surface area contributed by atoms with Crippen molar-refractivity contribution in [2.45, 2.75) is 31.7 Å². The fourth-order valence-corrected chi connectivity index (χ4v) is 2.92. The Hall–Kier alpha value is -0.780. The average Bonchev–Trinajstić information content (AvgIpc) is 2.74. The van der Waals surface area contributed by atoms with E-state index < -0.39 is 11.7 Å². The SMILES string of the molecule is Cc1cc2c(c(C(F)(F)F)c1)COC1CNCC21.Cl. The molecule has 0 saturated carbocycles. The van der Waals surface area contributed by atoms with Gasteiger partial charge in [0.2, 0.25) is 0 Å².